The first-order valence-electron chi connectivity index (χ1n) is 16.3. The van der Waals surface area contributed by atoms with Gasteiger partial charge in [0, 0.05) is 42.7 Å². The minimum Gasteiger partial charge on any atom is -0.504 e. The van der Waals surface area contributed by atoms with Crippen molar-refractivity contribution in [2.75, 3.05) is 25.3 Å². The Labute approximate surface area is 274 Å². The normalized spacial score (nSPS) is 26.9. The van der Waals surface area contributed by atoms with E-state index in [-0.39, 0.29) is 40.4 Å². The summed E-state index contributed by atoms with van der Waals surface area (Å²) in [6.45, 7) is 3.05. The van der Waals surface area contributed by atoms with Gasteiger partial charge in [-0.05, 0) is 84.6 Å². The van der Waals surface area contributed by atoms with Gasteiger partial charge in [-0.3, -0.25) is 14.5 Å². The fourth-order valence-electron chi connectivity index (χ4n) is 7.67. The molecule has 0 saturated heterocycles. The number of ether oxygens (including phenoxy) is 1. The number of nitrogens with two attached hydrogens (primary N) is 1. The van der Waals surface area contributed by atoms with E-state index >= 15 is 0 Å². The van der Waals surface area contributed by atoms with Gasteiger partial charge in [0.15, 0.2) is 24.0 Å². The lowest BCUT2D eigenvalue weighted by Crippen LogP contribution is -3.16. The summed E-state index contributed by atoms with van der Waals surface area (Å²) in [5.74, 6) is 2.07. The number of nitrogens with one attached hydrogen (secondary N) is 2. The molecule has 4 aliphatic rings. The highest BCUT2D eigenvalue weighted by Crippen LogP contribution is 2.53. The molecular formula is C35H45N4O4S2+. The summed E-state index contributed by atoms with van der Waals surface area (Å²) >= 11 is 0. The van der Waals surface area contributed by atoms with Crippen LogP contribution in [0.5, 0.6) is 11.5 Å². The van der Waals surface area contributed by atoms with Gasteiger partial charge in [-0.2, -0.15) is 0 Å². The van der Waals surface area contributed by atoms with Crippen LogP contribution in [0, 0.1) is 5.92 Å². The van der Waals surface area contributed by atoms with Gasteiger partial charge in [0.05, 0.1) is 25.0 Å². The number of benzene rings is 1. The summed E-state index contributed by atoms with van der Waals surface area (Å²) in [6.07, 6.45) is 16.0. The fraction of sp³-hybridized carbons (Fsp3) is 0.514. The first-order chi connectivity index (χ1) is 21.8. The number of hydrogen-bond donors (Lipinski definition) is 4. The number of carbonyl (C=O) groups is 2. The lowest BCUT2D eigenvalue weighted by atomic mass is 9.83. The van der Waals surface area contributed by atoms with Crippen LogP contribution in [0.4, 0.5) is 5.82 Å². The van der Waals surface area contributed by atoms with Gasteiger partial charge in [-0.15, -0.1) is 0 Å². The van der Waals surface area contributed by atoms with E-state index < -0.39 is 0 Å². The minimum absolute atomic E-state index is 0.00830. The molecule has 0 radical (unpaired) electrons. The highest BCUT2D eigenvalue weighted by atomic mass is 33.1. The zero-order valence-electron chi connectivity index (χ0n) is 26.3. The number of anilines is 1. The molecule has 1 fully saturated rings. The zero-order valence-corrected chi connectivity index (χ0v) is 27.9. The summed E-state index contributed by atoms with van der Waals surface area (Å²) in [5.41, 5.74) is 11.2. The summed E-state index contributed by atoms with van der Waals surface area (Å²) in [5, 5.41) is 14.4. The second kappa shape index (κ2) is 13.8. The highest BCUT2D eigenvalue weighted by molar-refractivity contribution is 8.76. The quantitative estimate of drug-likeness (QED) is 0.245. The van der Waals surface area contributed by atoms with Crippen LogP contribution in [0.15, 0.2) is 42.4 Å². The van der Waals surface area contributed by atoms with Gasteiger partial charge in [0.2, 0.25) is 0 Å². The number of hydrogen-bond acceptors (Lipinski definition) is 9. The van der Waals surface area contributed by atoms with Crippen molar-refractivity contribution in [1.29, 1.82) is 0 Å². The Balaban J connectivity index is 1.49. The van der Waals surface area contributed by atoms with Crippen LogP contribution in [-0.4, -0.2) is 46.7 Å². The lowest BCUT2D eigenvalue weighted by Gasteiger charge is -2.40. The van der Waals surface area contributed by atoms with E-state index in [1.54, 1.807) is 12.1 Å². The smallest absolute Gasteiger partial charge is 0.166 e. The summed E-state index contributed by atoms with van der Waals surface area (Å²) in [7, 11) is 5.34. The Kier molecular flexibility index (Phi) is 9.82. The summed E-state index contributed by atoms with van der Waals surface area (Å²) < 4.78 is 5.46. The molecule has 240 valence electrons. The monoisotopic (exact) mass is 649 g/mol. The largest absolute Gasteiger partial charge is 0.504 e. The number of rotatable bonds is 4. The van der Waals surface area contributed by atoms with Gasteiger partial charge >= 0.3 is 0 Å². The third-order valence-corrected chi connectivity index (χ3v) is 13.4. The van der Waals surface area contributed by atoms with E-state index in [2.05, 4.69) is 30.7 Å². The molecule has 2 aliphatic heterocycles. The maximum Gasteiger partial charge on any atom is 0.166 e. The van der Waals surface area contributed by atoms with Crippen molar-refractivity contribution in [3.63, 3.8) is 0 Å². The van der Waals surface area contributed by atoms with Crippen LogP contribution < -0.4 is 20.7 Å². The van der Waals surface area contributed by atoms with Gasteiger partial charge in [-0.25, -0.2) is 4.98 Å². The average molecular weight is 650 g/mol. The van der Waals surface area contributed by atoms with Gasteiger partial charge in [0.1, 0.15) is 23.3 Å². The molecule has 1 aromatic carbocycles. The molecule has 2 aromatic rings. The van der Waals surface area contributed by atoms with Crippen LogP contribution in [0.25, 0.3) is 6.08 Å². The number of aromatic hydroxyl groups is 1. The van der Waals surface area contributed by atoms with Crippen LogP contribution in [0.3, 0.4) is 0 Å². The maximum atomic E-state index is 13.5. The van der Waals surface area contributed by atoms with Gasteiger partial charge in [-0.1, -0.05) is 34.9 Å². The number of methoxy groups -OCH3 is 1. The zero-order chi connectivity index (χ0) is 31.6. The molecule has 8 nitrogen and oxygen atoms in total. The first kappa shape index (κ1) is 32.0. The topological polar surface area (TPSA) is 119 Å². The van der Waals surface area contributed by atoms with Gasteiger partial charge < -0.3 is 20.9 Å². The Hall–Kier alpha value is -2.95. The van der Waals surface area contributed by atoms with E-state index in [0.717, 1.165) is 60.4 Å². The minimum atomic E-state index is -0.125. The number of carbonyl (C=O) groups excluding carboxylic acids is 2. The number of aromatic nitrogens is 1. The standard InChI is InChI=1S/C35H44N4O4S2/c1-3-22-6-8-26(40)17-30(41)23-7-9-27(28-18-31(42)32(43-2)16-24(28)14-23)25-15-29(34(36)38-19-25)33(45-44-20-22)35(10-4-5-11-35)39-13-12-37-21-39/h12-16,18-19,22,27,33,37,42H,3-11,17,20-21H2,1-2H3,(H2,36,38)/p+1/t22-,27+,33-/m0/s1. The SMILES string of the molecule is CC[C@H]1CCC(=O)CC(=O)C2=Cc3cc(OC)c(O)cc3[C@H](CC2)c2cnc(N)c(c2)[C@@H](C2([NH+]3C=CNC3)CCCC2)SSC1. The molecule has 5 N–H and O–H groups in total. The molecule has 6 rings (SSSR count). The first-order valence-corrected chi connectivity index (χ1v) is 18.7. The van der Waals surface area contributed by atoms with Crippen molar-refractivity contribution in [2.45, 2.75) is 87.8 Å². The number of pyridine rings is 1. The molecular weight excluding hydrogens is 605 g/mol. The predicted octanol–water partition coefficient (Wildman–Crippen LogP) is 5.69. The molecule has 1 aromatic heterocycles. The number of ketones is 2. The molecule has 0 amide bonds. The second-order valence-corrected chi connectivity index (χ2v) is 15.5. The van der Waals surface area contributed by atoms with Gasteiger partial charge in [0.25, 0.3) is 0 Å². The van der Waals surface area contributed by atoms with Crippen molar-refractivity contribution < 1.29 is 24.3 Å². The fourth-order valence-corrected chi connectivity index (χ4v) is 11.4. The highest BCUT2D eigenvalue weighted by Gasteiger charge is 2.52. The van der Waals surface area contributed by atoms with Crippen molar-refractivity contribution in [2.24, 2.45) is 5.92 Å². The Morgan fingerprint density at radius 1 is 1.16 bits per heavy atom. The van der Waals surface area contributed by atoms with Crippen molar-refractivity contribution in [3.05, 3.63) is 64.6 Å². The molecule has 10 heteroatoms. The summed E-state index contributed by atoms with van der Waals surface area (Å²) in [4.78, 5) is 32.9. The predicted molar refractivity (Wildman–Crippen MR) is 182 cm³/mol. The molecule has 3 heterocycles. The van der Waals surface area contributed by atoms with E-state index in [9.17, 15) is 14.7 Å². The number of phenolic OH excluding ortho intramolecular Hbond substituents is 1. The van der Waals surface area contributed by atoms with Crippen LogP contribution in [0.2, 0.25) is 0 Å². The number of allylic oxidation sites excluding steroid dienone is 1. The second-order valence-electron chi connectivity index (χ2n) is 13.0. The van der Waals surface area contributed by atoms with Crippen molar-refractivity contribution in [3.8, 4) is 11.5 Å². The molecule has 4 bridgehead atoms. The number of quaternary nitrogens is 1. The average Bonchev–Trinajstić information content (AvgIpc) is 3.72. The van der Waals surface area contributed by atoms with E-state index in [1.165, 1.54) is 24.9 Å². The van der Waals surface area contributed by atoms with Crippen LogP contribution >= 0.6 is 21.6 Å². The molecule has 0 spiro atoms. The lowest BCUT2D eigenvalue weighted by molar-refractivity contribution is -0.900. The van der Waals surface area contributed by atoms with Crippen molar-refractivity contribution in [1.82, 2.24) is 10.3 Å². The van der Waals surface area contributed by atoms with E-state index in [4.69, 9.17) is 15.5 Å². The third-order valence-electron chi connectivity index (χ3n) is 10.4. The van der Waals surface area contributed by atoms with Crippen LogP contribution in [-0.2, 0) is 9.59 Å². The molecule has 1 unspecified atom stereocenters. The maximum absolute atomic E-state index is 13.5. The Morgan fingerprint density at radius 3 is 2.71 bits per heavy atom. The number of nitrogens with zero attached hydrogens (tertiary/aromatic N) is 1. The third kappa shape index (κ3) is 6.51. The summed E-state index contributed by atoms with van der Waals surface area (Å²) in [6, 6.07) is 5.82. The Bertz CT molecular complexity index is 1500. The number of phenols is 1. The molecule has 2 aliphatic carbocycles. The molecule has 1 saturated carbocycles. The van der Waals surface area contributed by atoms with Crippen molar-refractivity contribution >= 4 is 45.0 Å². The van der Waals surface area contributed by atoms with E-state index in [1.807, 2.05) is 33.9 Å². The molecule has 4 atom stereocenters. The number of fused-ring (bicyclic) bond motifs is 8. The van der Waals surface area contributed by atoms with Crippen LogP contribution in [0.1, 0.15) is 105 Å². The van der Waals surface area contributed by atoms with E-state index in [0.29, 0.717) is 42.3 Å². The Morgan fingerprint density at radius 2 is 1.98 bits per heavy atom. The number of nitrogen functional groups attached to an aromatic ring is 1. The molecule has 45 heavy (non-hydrogen) atoms. The number of Topliss-reactive ketones (excluding diaryl/α,β-unsaturated/α-hetero) is 2.